The van der Waals surface area contributed by atoms with Crippen LogP contribution in [0.3, 0.4) is 0 Å². The van der Waals surface area contributed by atoms with Crippen molar-refractivity contribution in [3.05, 3.63) is 52.3 Å². The van der Waals surface area contributed by atoms with E-state index in [9.17, 15) is 13.2 Å². The Hall–Kier alpha value is -1.94. The molecule has 2 aromatic rings. The molecule has 1 aliphatic rings. The Kier molecular flexibility index (Phi) is 6.71. The van der Waals surface area contributed by atoms with Crippen molar-refractivity contribution < 1.29 is 13.2 Å². The average Bonchev–Trinajstić information content (AvgIpc) is 2.70. The number of benzene rings is 1. The molecule has 0 atom stereocenters. The number of nitrogens with one attached hydrogen (secondary N) is 1. The highest BCUT2D eigenvalue weighted by molar-refractivity contribution is 7.89. The summed E-state index contributed by atoms with van der Waals surface area (Å²) in [6.45, 7) is 1.68. The number of rotatable bonds is 6. The molecule has 2 heterocycles. The fourth-order valence-corrected chi connectivity index (χ4v) is 4.52. The number of halogens is 2. The predicted molar refractivity (Wildman–Crippen MR) is 108 cm³/mol. The number of sulfonamides is 1. The molecular weight excluding hydrogens is 425 g/mol. The summed E-state index contributed by atoms with van der Waals surface area (Å²) in [4.78, 5) is 22.5. The summed E-state index contributed by atoms with van der Waals surface area (Å²) in [5.41, 5.74) is 0.211. The third kappa shape index (κ3) is 5.11. The van der Waals surface area contributed by atoms with Gasteiger partial charge in [-0.25, -0.2) is 18.4 Å². The van der Waals surface area contributed by atoms with Crippen molar-refractivity contribution in [3.63, 3.8) is 0 Å². The lowest BCUT2D eigenvalue weighted by molar-refractivity contribution is 0.0956. The largest absolute Gasteiger partial charge is 0.351 e. The van der Waals surface area contributed by atoms with Gasteiger partial charge < -0.3 is 10.2 Å². The Morgan fingerprint density at radius 3 is 2.46 bits per heavy atom. The van der Waals surface area contributed by atoms with E-state index in [0.717, 1.165) is 0 Å². The van der Waals surface area contributed by atoms with Crippen molar-refractivity contribution in [2.45, 2.75) is 0 Å². The lowest BCUT2D eigenvalue weighted by atomic mass is 10.2. The van der Waals surface area contributed by atoms with Gasteiger partial charge in [0, 0.05) is 50.1 Å². The maximum absolute atomic E-state index is 12.5. The first-order valence-corrected chi connectivity index (χ1v) is 11.0. The predicted octanol–water partition coefficient (Wildman–Crippen LogP) is 1.67. The van der Waals surface area contributed by atoms with Gasteiger partial charge in [0.25, 0.3) is 5.91 Å². The molecule has 1 saturated heterocycles. The average molecular weight is 444 g/mol. The molecule has 0 aliphatic carbocycles. The van der Waals surface area contributed by atoms with Crippen molar-refractivity contribution >= 4 is 45.1 Å². The first-order valence-electron chi connectivity index (χ1n) is 8.60. The fourth-order valence-electron chi connectivity index (χ4n) is 2.81. The van der Waals surface area contributed by atoms with Gasteiger partial charge in [0.05, 0.1) is 16.3 Å². The summed E-state index contributed by atoms with van der Waals surface area (Å²) in [6, 6.07) is 6.27. The van der Waals surface area contributed by atoms with Crippen molar-refractivity contribution in [3.8, 4) is 0 Å². The minimum Gasteiger partial charge on any atom is -0.351 e. The number of anilines is 1. The van der Waals surface area contributed by atoms with E-state index in [-0.39, 0.29) is 22.9 Å². The molecule has 3 rings (SSSR count). The Morgan fingerprint density at radius 2 is 1.79 bits per heavy atom. The number of hydrogen-bond acceptors (Lipinski definition) is 6. The molecule has 1 aliphatic heterocycles. The van der Waals surface area contributed by atoms with E-state index >= 15 is 0 Å². The fraction of sp³-hybridized carbons (Fsp3) is 0.353. The molecule has 1 fully saturated rings. The molecule has 150 valence electrons. The number of carbonyl (C=O) groups excluding carboxylic acids is 1. The van der Waals surface area contributed by atoms with Crippen LogP contribution in [0.4, 0.5) is 5.95 Å². The molecule has 8 nitrogen and oxygen atoms in total. The Bertz CT molecular complexity index is 935. The van der Waals surface area contributed by atoms with E-state index in [1.807, 2.05) is 4.90 Å². The molecule has 28 heavy (non-hydrogen) atoms. The highest BCUT2D eigenvalue weighted by Gasteiger charge is 2.27. The second-order valence-electron chi connectivity index (χ2n) is 6.13. The molecule has 0 spiro atoms. The van der Waals surface area contributed by atoms with Gasteiger partial charge in [-0.15, -0.1) is 0 Å². The Labute approximate surface area is 173 Å². The topological polar surface area (TPSA) is 95.5 Å². The van der Waals surface area contributed by atoms with Crippen LogP contribution in [0.2, 0.25) is 10.0 Å². The van der Waals surface area contributed by atoms with Gasteiger partial charge in [0.2, 0.25) is 16.0 Å². The molecule has 11 heteroatoms. The van der Waals surface area contributed by atoms with Crippen molar-refractivity contribution in [2.75, 3.05) is 43.4 Å². The maximum atomic E-state index is 12.5. The van der Waals surface area contributed by atoms with Crippen LogP contribution in [0.1, 0.15) is 10.4 Å². The third-order valence-electron chi connectivity index (χ3n) is 4.29. The maximum Gasteiger partial charge on any atom is 0.252 e. The van der Waals surface area contributed by atoms with Crippen LogP contribution in [-0.4, -0.2) is 67.1 Å². The van der Waals surface area contributed by atoms with E-state index in [2.05, 4.69) is 15.3 Å². The number of carbonyl (C=O) groups is 1. The molecule has 1 amide bonds. The second kappa shape index (κ2) is 9.04. The van der Waals surface area contributed by atoms with Crippen molar-refractivity contribution in [1.82, 2.24) is 19.6 Å². The minimum atomic E-state index is -3.49. The van der Waals surface area contributed by atoms with Crippen molar-refractivity contribution in [1.29, 1.82) is 0 Å². The molecule has 0 bridgehead atoms. The van der Waals surface area contributed by atoms with Gasteiger partial charge >= 0.3 is 0 Å². The molecular formula is C17H19Cl2N5O3S. The van der Waals surface area contributed by atoms with Gasteiger partial charge in [-0.2, -0.15) is 4.31 Å². The number of amides is 1. The lowest BCUT2D eigenvalue weighted by Crippen LogP contribution is -2.50. The van der Waals surface area contributed by atoms with Gasteiger partial charge in [-0.3, -0.25) is 4.79 Å². The summed E-state index contributed by atoms with van der Waals surface area (Å²) in [6.07, 6.45) is 3.31. The van der Waals surface area contributed by atoms with Gasteiger partial charge in [0.15, 0.2) is 0 Å². The van der Waals surface area contributed by atoms with Crippen LogP contribution in [0.25, 0.3) is 0 Å². The SMILES string of the molecule is O=C(NCCS(=O)(=O)N1CCN(c2ncccn2)CC1)c1cc(Cl)ccc1Cl. The molecule has 1 aromatic carbocycles. The smallest absolute Gasteiger partial charge is 0.252 e. The quantitative estimate of drug-likeness (QED) is 0.729. The van der Waals surface area contributed by atoms with E-state index in [4.69, 9.17) is 23.2 Å². The zero-order valence-corrected chi connectivity index (χ0v) is 17.2. The van der Waals surface area contributed by atoms with E-state index in [0.29, 0.717) is 37.1 Å². The summed E-state index contributed by atoms with van der Waals surface area (Å²) < 4.78 is 26.5. The number of nitrogens with zero attached hydrogens (tertiary/aromatic N) is 4. The highest BCUT2D eigenvalue weighted by atomic mass is 35.5. The number of piperazine rings is 1. The lowest BCUT2D eigenvalue weighted by Gasteiger charge is -2.33. The number of aromatic nitrogens is 2. The Morgan fingerprint density at radius 1 is 1.11 bits per heavy atom. The standard InChI is InChI=1S/C17H19Cl2N5O3S/c18-13-2-3-15(19)14(12-13)16(25)20-6-11-28(26,27)24-9-7-23(8-10-24)17-21-4-1-5-22-17/h1-5,12H,6-11H2,(H,20,25). The first-order chi connectivity index (χ1) is 13.4. The molecule has 1 aromatic heterocycles. The van der Waals surface area contributed by atoms with Crippen LogP contribution >= 0.6 is 23.2 Å². The third-order valence-corrected chi connectivity index (χ3v) is 6.72. The van der Waals surface area contributed by atoms with Crippen LogP contribution < -0.4 is 10.2 Å². The molecule has 0 saturated carbocycles. The van der Waals surface area contributed by atoms with Gasteiger partial charge in [0.1, 0.15) is 0 Å². The van der Waals surface area contributed by atoms with Crippen LogP contribution in [-0.2, 0) is 10.0 Å². The summed E-state index contributed by atoms with van der Waals surface area (Å²) >= 11 is 11.9. The van der Waals surface area contributed by atoms with Gasteiger partial charge in [-0.1, -0.05) is 23.2 Å². The summed E-state index contributed by atoms with van der Waals surface area (Å²) in [7, 11) is -3.49. The molecule has 0 unspecified atom stereocenters. The van der Waals surface area contributed by atoms with E-state index in [1.165, 1.54) is 16.4 Å². The normalized spacial score (nSPS) is 15.4. The van der Waals surface area contributed by atoms with E-state index < -0.39 is 15.9 Å². The summed E-state index contributed by atoms with van der Waals surface area (Å²) in [5.74, 6) is -0.0716. The van der Waals surface area contributed by atoms with Crippen LogP contribution in [0.15, 0.2) is 36.7 Å². The Balaban J connectivity index is 1.51. The highest BCUT2D eigenvalue weighted by Crippen LogP contribution is 2.20. The second-order valence-corrected chi connectivity index (χ2v) is 9.06. The zero-order chi connectivity index (χ0) is 20.1. The van der Waals surface area contributed by atoms with Crippen LogP contribution in [0.5, 0.6) is 0 Å². The van der Waals surface area contributed by atoms with Gasteiger partial charge in [-0.05, 0) is 24.3 Å². The van der Waals surface area contributed by atoms with Crippen molar-refractivity contribution in [2.24, 2.45) is 0 Å². The van der Waals surface area contributed by atoms with Crippen LogP contribution in [0, 0.1) is 0 Å². The minimum absolute atomic E-state index is 0.0218. The zero-order valence-electron chi connectivity index (χ0n) is 14.9. The monoisotopic (exact) mass is 443 g/mol. The van der Waals surface area contributed by atoms with E-state index in [1.54, 1.807) is 24.5 Å². The molecule has 0 radical (unpaired) electrons. The summed E-state index contributed by atoms with van der Waals surface area (Å²) in [5, 5.41) is 3.21. The first kappa shape index (κ1) is 20.8. The molecule has 1 N–H and O–H groups in total. The number of hydrogen-bond donors (Lipinski definition) is 1.